The average Bonchev–Trinajstić information content (AvgIpc) is 3.56. The zero-order chi connectivity index (χ0) is 50.6. The van der Waals surface area contributed by atoms with Crippen LogP contribution in [-0.2, 0) is 66.1 Å². The number of anilines is 1. The highest BCUT2D eigenvalue weighted by molar-refractivity contribution is 7.89. The van der Waals surface area contributed by atoms with Crippen LogP contribution in [0.25, 0.3) is 21.5 Å². The highest BCUT2D eigenvalue weighted by Gasteiger charge is 2.46. The van der Waals surface area contributed by atoms with E-state index in [9.17, 15) is 65.1 Å². The number of hydrogen-bond acceptors (Lipinski definition) is 13. The van der Waals surface area contributed by atoms with Gasteiger partial charge < -0.3 is 14.6 Å². The molecule has 368 valence electrons. The van der Waals surface area contributed by atoms with Crippen molar-refractivity contribution >= 4 is 95.1 Å². The number of fused-ring (bicyclic) bond motifs is 6. The maximum absolute atomic E-state index is 13.9. The van der Waals surface area contributed by atoms with Gasteiger partial charge in [0.1, 0.15) is 11.4 Å². The second-order valence-corrected chi connectivity index (χ2v) is 25.5. The third kappa shape index (κ3) is 10.8. The maximum Gasteiger partial charge on any atom is 0.303 e. The Morgan fingerprint density at radius 3 is 2.01 bits per heavy atom. The molecule has 0 fully saturated rings. The first-order valence-corrected chi connectivity index (χ1v) is 28.5. The molecule has 0 aromatic heterocycles. The summed E-state index contributed by atoms with van der Waals surface area (Å²) in [7, 11) is -21.7. The van der Waals surface area contributed by atoms with Gasteiger partial charge in [-0.1, -0.05) is 50.3 Å². The highest BCUT2D eigenvalue weighted by Crippen LogP contribution is 2.52. The van der Waals surface area contributed by atoms with E-state index in [0.717, 1.165) is 15.9 Å². The molecule has 68 heavy (non-hydrogen) atoms. The fraction of sp³-hybridized carbons (Fsp3) is 0.364. The maximum atomic E-state index is 13.9. The number of rotatable bonds is 19. The molecule has 4 aromatic carbocycles. The summed E-state index contributed by atoms with van der Waals surface area (Å²) in [5, 5.41) is 10.1. The van der Waals surface area contributed by atoms with Crippen LogP contribution in [0.15, 0.2) is 105 Å². The third-order valence-corrected chi connectivity index (χ3v) is 17.4. The van der Waals surface area contributed by atoms with E-state index in [-0.39, 0.29) is 61.0 Å². The number of hydrogen-bond donors (Lipinski definition) is 4. The fourth-order valence-corrected chi connectivity index (χ4v) is 12.9. The summed E-state index contributed by atoms with van der Waals surface area (Å²) >= 11 is 0. The quantitative estimate of drug-likeness (QED) is 0.0522. The number of allylic oxidation sites excluding steroid dienone is 6. The topological polar surface area (TPSA) is 301 Å². The van der Waals surface area contributed by atoms with Crippen LogP contribution in [0.3, 0.4) is 0 Å². The van der Waals surface area contributed by atoms with Crippen LogP contribution in [0.1, 0.15) is 64.5 Å². The molecule has 0 unspecified atom stereocenters. The van der Waals surface area contributed by atoms with Crippen LogP contribution in [-0.4, -0.2) is 124 Å². The Balaban J connectivity index is 1.44. The molecule has 0 saturated heterocycles. The Hall–Kier alpha value is -4.89. The molecule has 0 radical (unpaired) electrons. The molecule has 0 spiro atoms. The fourth-order valence-electron chi connectivity index (χ4n) is 9.20. The molecule has 0 bridgehead atoms. The first-order chi connectivity index (χ1) is 31.3. The molecule has 0 amide bonds. The number of sulfonamides is 1. The molecule has 2 aliphatic rings. The molecule has 2 aliphatic heterocycles. The van der Waals surface area contributed by atoms with Crippen molar-refractivity contribution in [2.75, 3.05) is 43.1 Å². The monoisotopic (exact) mass is 1040 g/mol. The minimum atomic E-state index is -5.03. The van der Waals surface area contributed by atoms with Gasteiger partial charge in [0.15, 0.2) is 5.71 Å². The van der Waals surface area contributed by atoms with Gasteiger partial charge in [-0.2, -0.15) is 29.8 Å². The largest absolute Gasteiger partial charge is 0.748 e. The van der Waals surface area contributed by atoms with Crippen LogP contribution >= 0.6 is 0 Å². The van der Waals surface area contributed by atoms with Crippen LogP contribution < -0.4 is 4.90 Å². The molecule has 0 aliphatic carbocycles. The summed E-state index contributed by atoms with van der Waals surface area (Å²) in [6.45, 7) is 7.40. The number of carboxylic acids is 1. The second-order valence-electron chi connectivity index (χ2n) is 17.6. The summed E-state index contributed by atoms with van der Waals surface area (Å²) in [5.41, 5.74) is 1.43. The van der Waals surface area contributed by atoms with Crippen molar-refractivity contribution < 1.29 is 74.8 Å². The van der Waals surface area contributed by atoms with E-state index in [0.29, 0.717) is 45.2 Å². The number of benzene rings is 4. The van der Waals surface area contributed by atoms with E-state index < -0.39 is 88.6 Å². The molecule has 0 saturated carbocycles. The van der Waals surface area contributed by atoms with Gasteiger partial charge in [0.05, 0.1) is 31.1 Å². The molecule has 24 heteroatoms. The molecule has 0 atom stereocenters. The SMILES string of the molecule is CN(CCCC(=O)O)S(=O)(=O)c1cccc2c3c(ccc12)N(CCCS(=O)(=O)[O-])/C(=C/C=C/C=C/C1=[N+](CCCS(=O)(=O)O)c2ccc4c(S(=O)(=O)O)cc(S(=O)(=O)O)cc4c2C1(C)C)C3(C)C. The Morgan fingerprint density at radius 2 is 1.40 bits per heavy atom. The lowest BCUT2D eigenvalue weighted by atomic mass is 9.79. The van der Waals surface area contributed by atoms with Gasteiger partial charge in [-0.05, 0) is 79.4 Å². The minimum absolute atomic E-state index is 0.00476. The van der Waals surface area contributed by atoms with E-state index in [1.54, 1.807) is 73.1 Å². The Labute approximate surface area is 395 Å². The van der Waals surface area contributed by atoms with Crippen molar-refractivity contribution in [3.8, 4) is 0 Å². The lowest BCUT2D eigenvalue weighted by Gasteiger charge is -2.27. The molecular weight excluding hydrogens is 987 g/mol. The van der Waals surface area contributed by atoms with Crippen molar-refractivity contribution in [3.05, 3.63) is 102 Å². The molecular formula is C44H51N3O16S5. The second kappa shape index (κ2) is 18.8. The van der Waals surface area contributed by atoms with Gasteiger partial charge in [-0.3, -0.25) is 18.5 Å². The zero-order valence-electron chi connectivity index (χ0n) is 37.5. The van der Waals surface area contributed by atoms with Crippen molar-refractivity contribution in [2.24, 2.45) is 0 Å². The molecule has 19 nitrogen and oxygen atoms in total. The van der Waals surface area contributed by atoms with Crippen LogP contribution in [0.2, 0.25) is 0 Å². The summed E-state index contributed by atoms with van der Waals surface area (Å²) < 4.78 is 168. The molecule has 6 rings (SSSR count). The zero-order valence-corrected chi connectivity index (χ0v) is 41.6. The van der Waals surface area contributed by atoms with Gasteiger partial charge in [0.2, 0.25) is 15.7 Å². The van der Waals surface area contributed by atoms with Gasteiger partial charge in [0, 0.05) is 84.0 Å². The van der Waals surface area contributed by atoms with Gasteiger partial charge in [-0.15, -0.1) is 0 Å². The molecule has 2 heterocycles. The van der Waals surface area contributed by atoms with Crippen molar-refractivity contribution in [1.82, 2.24) is 4.31 Å². The number of nitrogens with zero attached hydrogens (tertiary/aromatic N) is 3. The van der Waals surface area contributed by atoms with E-state index in [4.69, 9.17) is 5.11 Å². The number of carbonyl (C=O) groups is 1. The van der Waals surface area contributed by atoms with E-state index >= 15 is 0 Å². The summed E-state index contributed by atoms with van der Waals surface area (Å²) in [5.74, 6) is -2.30. The number of carboxylic acid groups (broad SMARTS) is 1. The third-order valence-electron chi connectivity index (χ3n) is 12.2. The summed E-state index contributed by atoms with van der Waals surface area (Å²) in [4.78, 5) is 11.4. The summed E-state index contributed by atoms with van der Waals surface area (Å²) in [6.07, 6.45) is 8.28. The van der Waals surface area contributed by atoms with Crippen LogP contribution in [0.5, 0.6) is 0 Å². The Morgan fingerprint density at radius 1 is 0.735 bits per heavy atom. The van der Waals surface area contributed by atoms with Gasteiger partial charge in [-0.25, -0.2) is 21.1 Å². The normalized spacial score (nSPS) is 17.1. The number of aliphatic carboxylic acids is 1. The van der Waals surface area contributed by atoms with E-state index in [2.05, 4.69) is 0 Å². The predicted octanol–water partition coefficient (Wildman–Crippen LogP) is 5.36. The smallest absolute Gasteiger partial charge is 0.303 e. The van der Waals surface area contributed by atoms with Gasteiger partial charge >= 0.3 is 5.97 Å². The van der Waals surface area contributed by atoms with Crippen molar-refractivity contribution in [2.45, 2.75) is 78.9 Å². The minimum Gasteiger partial charge on any atom is -0.748 e. The predicted molar refractivity (Wildman–Crippen MR) is 254 cm³/mol. The highest BCUT2D eigenvalue weighted by atomic mass is 32.2. The first-order valence-electron chi connectivity index (χ1n) is 21.0. The van der Waals surface area contributed by atoms with E-state index in [1.807, 2.05) is 18.7 Å². The Kier molecular flexibility index (Phi) is 14.5. The molecule has 4 N–H and O–H groups in total. The Bertz CT molecular complexity index is 3450. The van der Waals surface area contributed by atoms with E-state index in [1.165, 1.54) is 25.2 Å². The van der Waals surface area contributed by atoms with Gasteiger partial charge in [0.25, 0.3) is 30.4 Å². The average molecular weight is 1040 g/mol. The standard InChI is InChI=1S/C44H51N3O16S5/c1-43(2)38(46(23-11-25-64(50,51)52)34-20-18-30-32(41(34)43)13-9-14-36(30)66(56,57)45(5)22-10-17-40(48)49)15-7-6-8-16-39-44(3,4)42-33-27-29(67(58,59)60)28-37(68(61,62)63)31(33)19-21-35(42)47(39)24-12-26-65(53,54)55/h6-9,13-16,18-21,27-28H,10-12,17,22-26H2,1-5H3,(H4-,48,49,50,51,52,53,54,55,58,59,60,61,62,63). The van der Waals surface area contributed by atoms with Crippen LogP contribution in [0.4, 0.5) is 11.4 Å². The lowest BCUT2D eigenvalue weighted by molar-refractivity contribution is -0.437. The van der Waals surface area contributed by atoms with Crippen molar-refractivity contribution in [1.29, 1.82) is 0 Å². The molecule has 4 aromatic rings. The lowest BCUT2D eigenvalue weighted by Crippen LogP contribution is -2.28. The first kappa shape index (κ1) is 52.5. The van der Waals surface area contributed by atoms with Crippen molar-refractivity contribution in [3.63, 3.8) is 0 Å². The van der Waals surface area contributed by atoms with Crippen LogP contribution in [0, 0.1) is 0 Å². The summed E-state index contributed by atoms with van der Waals surface area (Å²) in [6, 6.07) is 12.8.